The molecule has 30 heavy (non-hydrogen) atoms. The zero-order chi connectivity index (χ0) is 21.3. The lowest BCUT2D eigenvalue weighted by molar-refractivity contribution is -0.117. The molecule has 0 fully saturated rings. The number of nitrogens with zero attached hydrogens (tertiary/aromatic N) is 1. The lowest BCUT2D eigenvalue weighted by atomic mass is 10.1. The number of aromatic nitrogens is 1. The summed E-state index contributed by atoms with van der Waals surface area (Å²) < 4.78 is 0. The van der Waals surface area contributed by atoms with Gasteiger partial charge in [-0.2, -0.15) is 0 Å². The molecule has 0 radical (unpaired) electrons. The Morgan fingerprint density at radius 2 is 1.80 bits per heavy atom. The molecule has 2 aromatic carbocycles. The third-order valence-electron chi connectivity index (χ3n) is 4.81. The maximum Gasteiger partial charge on any atom is 0.257 e. The molecule has 152 valence electrons. The van der Waals surface area contributed by atoms with Crippen molar-refractivity contribution in [2.45, 2.75) is 18.8 Å². The number of nitrogens with two attached hydrogens (primary N) is 1. The normalized spacial score (nSPS) is 14.8. The summed E-state index contributed by atoms with van der Waals surface area (Å²) in [6.07, 6.45) is 1.31. The lowest BCUT2D eigenvalue weighted by Crippen LogP contribution is -2.22. The Labute approximate surface area is 181 Å². The summed E-state index contributed by atoms with van der Waals surface area (Å²) in [5.74, 6) is -1.63. The highest BCUT2D eigenvalue weighted by Gasteiger charge is 2.33. The van der Waals surface area contributed by atoms with Gasteiger partial charge in [-0.15, -0.1) is 11.3 Å². The molecule has 1 unspecified atom stereocenters. The van der Waals surface area contributed by atoms with Crippen molar-refractivity contribution < 1.29 is 14.4 Å². The van der Waals surface area contributed by atoms with E-state index in [0.717, 1.165) is 4.88 Å². The van der Waals surface area contributed by atoms with Gasteiger partial charge < -0.3 is 11.1 Å². The van der Waals surface area contributed by atoms with Gasteiger partial charge in [-0.25, -0.2) is 4.98 Å². The SMILES string of the molecule is NC(=O)c1ccccc1NC(=O)C1CCc2sc(NC(=O)c3ccc(Cl)cc3)nc21. The molecule has 3 aromatic rings. The van der Waals surface area contributed by atoms with Crippen molar-refractivity contribution in [1.82, 2.24) is 4.98 Å². The van der Waals surface area contributed by atoms with Crippen molar-refractivity contribution in [2.24, 2.45) is 5.73 Å². The number of fused-ring (bicyclic) bond motifs is 1. The van der Waals surface area contributed by atoms with E-state index in [1.165, 1.54) is 11.3 Å². The smallest absolute Gasteiger partial charge is 0.257 e. The molecule has 7 nitrogen and oxygen atoms in total. The number of hydrogen-bond donors (Lipinski definition) is 3. The number of nitrogens with one attached hydrogen (secondary N) is 2. The van der Waals surface area contributed by atoms with Gasteiger partial charge in [-0.1, -0.05) is 23.7 Å². The van der Waals surface area contributed by atoms with Crippen LogP contribution in [0.25, 0.3) is 0 Å². The lowest BCUT2D eigenvalue weighted by Gasteiger charge is -2.12. The molecule has 1 atom stereocenters. The van der Waals surface area contributed by atoms with Crippen LogP contribution >= 0.6 is 22.9 Å². The first kappa shape index (κ1) is 20.1. The summed E-state index contributed by atoms with van der Waals surface area (Å²) in [6.45, 7) is 0. The van der Waals surface area contributed by atoms with Gasteiger partial charge in [0.05, 0.1) is 22.9 Å². The van der Waals surface area contributed by atoms with Crippen molar-refractivity contribution in [3.05, 3.63) is 75.3 Å². The molecule has 9 heteroatoms. The molecule has 1 heterocycles. The highest BCUT2D eigenvalue weighted by molar-refractivity contribution is 7.16. The van der Waals surface area contributed by atoms with Crippen LogP contribution < -0.4 is 16.4 Å². The summed E-state index contributed by atoms with van der Waals surface area (Å²) >= 11 is 7.21. The highest BCUT2D eigenvalue weighted by Crippen LogP contribution is 2.39. The molecular formula is C21H17ClN4O3S. The summed E-state index contributed by atoms with van der Waals surface area (Å²) in [5, 5.41) is 6.54. The van der Waals surface area contributed by atoms with Crippen molar-refractivity contribution in [3.63, 3.8) is 0 Å². The van der Waals surface area contributed by atoms with Gasteiger partial charge in [0.2, 0.25) is 5.91 Å². The molecule has 0 saturated carbocycles. The fraction of sp³-hybridized carbons (Fsp3) is 0.143. The van der Waals surface area contributed by atoms with Crippen LogP contribution in [0.2, 0.25) is 5.02 Å². The maximum absolute atomic E-state index is 12.8. The van der Waals surface area contributed by atoms with E-state index < -0.39 is 11.8 Å². The number of anilines is 2. The summed E-state index contributed by atoms with van der Waals surface area (Å²) in [6, 6.07) is 13.1. The van der Waals surface area contributed by atoms with Gasteiger partial charge in [-0.3, -0.25) is 19.7 Å². The molecule has 0 spiro atoms. The number of carbonyl (C=O) groups excluding carboxylic acids is 3. The first-order chi connectivity index (χ1) is 14.4. The van der Waals surface area contributed by atoms with Gasteiger partial charge in [-0.05, 0) is 49.2 Å². The van der Waals surface area contributed by atoms with Crippen molar-refractivity contribution >= 4 is 51.5 Å². The van der Waals surface area contributed by atoms with Gasteiger partial charge >= 0.3 is 0 Å². The maximum atomic E-state index is 12.8. The number of amides is 3. The minimum absolute atomic E-state index is 0.248. The molecule has 4 N–H and O–H groups in total. The van der Waals surface area contributed by atoms with Crippen LogP contribution in [0.15, 0.2) is 48.5 Å². The first-order valence-corrected chi connectivity index (χ1v) is 10.4. The minimum Gasteiger partial charge on any atom is -0.366 e. The number of rotatable bonds is 5. The first-order valence-electron chi connectivity index (χ1n) is 9.18. The van der Waals surface area contributed by atoms with E-state index in [9.17, 15) is 14.4 Å². The minimum atomic E-state index is -0.612. The van der Waals surface area contributed by atoms with Crippen LogP contribution in [0.4, 0.5) is 10.8 Å². The third kappa shape index (κ3) is 4.05. The second-order valence-electron chi connectivity index (χ2n) is 6.78. The van der Waals surface area contributed by atoms with E-state index in [-0.39, 0.29) is 17.4 Å². The predicted octanol–water partition coefficient (Wildman–Crippen LogP) is 3.82. The number of primary amides is 1. The number of carbonyl (C=O) groups is 3. The van der Waals surface area contributed by atoms with Gasteiger partial charge in [0.25, 0.3) is 11.8 Å². The fourth-order valence-corrected chi connectivity index (χ4v) is 4.49. The number of thiazole rings is 1. The van der Waals surface area contributed by atoms with E-state index in [2.05, 4.69) is 15.6 Å². The van der Waals surface area contributed by atoms with E-state index in [1.807, 2.05) is 0 Å². The average molecular weight is 441 g/mol. The van der Waals surface area contributed by atoms with Crippen LogP contribution in [0.3, 0.4) is 0 Å². The van der Waals surface area contributed by atoms with Crippen molar-refractivity contribution in [2.75, 3.05) is 10.6 Å². The largest absolute Gasteiger partial charge is 0.366 e. The van der Waals surface area contributed by atoms with Crippen LogP contribution in [0.5, 0.6) is 0 Å². The van der Waals surface area contributed by atoms with Gasteiger partial charge in [0.1, 0.15) is 0 Å². The van der Waals surface area contributed by atoms with Crippen molar-refractivity contribution in [3.8, 4) is 0 Å². The highest BCUT2D eigenvalue weighted by atomic mass is 35.5. The Kier molecular flexibility index (Phi) is 5.52. The topological polar surface area (TPSA) is 114 Å². The van der Waals surface area contributed by atoms with E-state index in [4.69, 9.17) is 17.3 Å². The molecule has 1 aliphatic carbocycles. The molecule has 1 aromatic heterocycles. The monoisotopic (exact) mass is 440 g/mol. The average Bonchev–Trinajstić information content (AvgIpc) is 3.28. The number of aryl methyl sites for hydroxylation is 1. The zero-order valence-electron chi connectivity index (χ0n) is 15.6. The number of benzene rings is 2. The van der Waals surface area contributed by atoms with Gasteiger partial charge in [0.15, 0.2) is 5.13 Å². The number of halogens is 1. The van der Waals surface area contributed by atoms with Crippen molar-refractivity contribution in [1.29, 1.82) is 0 Å². The summed E-state index contributed by atoms with van der Waals surface area (Å²) in [4.78, 5) is 42.3. The second-order valence-corrected chi connectivity index (χ2v) is 8.30. The summed E-state index contributed by atoms with van der Waals surface area (Å²) in [5.41, 5.74) is 7.11. The van der Waals surface area contributed by atoms with E-state index >= 15 is 0 Å². The molecule has 4 rings (SSSR count). The second kappa shape index (κ2) is 8.25. The fourth-order valence-electron chi connectivity index (χ4n) is 3.33. The number of hydrogen-bond acceptors (Lipinski definition) is 5. The van der Waals surface area contributed by atoms with E-state index in [1.54, 1.807) is 48.5 Å². The van der Waals surface area contributed by atoms with Crippen LogP contribution in [-0.4, -0.2) is 22.7 Å². The molecule has 0 aliphatic heterocycles. The standard InChI is InChI=1S/C21H17ClN4O3S/c22-12-7-5-11(6-8-12)19(28)26-21-25-17-14(9-10-16(17)30-21)20(29)24-15-4-2-1-3-13(15)18(23)27/h1-8,14H,9-10H2,(H2,23,27)(H,24,29)(H,25,26,28). The number of para-hydroxylation sites is 1. The molecule has 0 saturated heterocycles. The Morgan fingerprint density at radius 1 is 1.07 bits per heavy atom. The zero-order valence-corrected chi connectivity index (χ0v) is 17.2. The molecular weight excluding hydrogens is 424 g/mol. The van der Waals surface area contributed by atoms with Crippen LogP contribution in [-0.2, 0) is 11.2 Å². The molecule has 3 amide bonds. The van der Waals surface area contributed by atoms with Gasteiger partial charge in [0, 0.05) is 15.5 Å². The quantitative estimate of drug-likeness (QED) is 0.559. The van der Waals surface area contributed by atoms with E-state index in [0.29, 0.717) is 39.9 Å². The summed E-state index contributed by atoms with van der Waals surface area (Å²) in [7, 11) is 0. The Hall–Kier alpha value is -3.23. The Balaban J connectivity index is 1.49. The molecule has 0 bridgehead atoms. The third-order valence-corrected chi connectivity index (χ3v) is 6.11. The molecule has 1 aliphatic rings. The van der Waals surface area contributed by atoms with Crippen LogP contribution in [0.1, 0.15) is 43.6 Å². The van der Waals surface area contributed by atoms with Crippen LogP contribution in [0, 0.1) is 0 Å². The Morgan fingerprint density at radius 3 is 2.53 bits per heavy atom. The Bertz CT molecular complexity index is 1140. The predicted molar refractivity (Wildman–Crippen MR) is 116 cm³/mol.